The highest BCUT2D eigenvalue weighted by Crippen LogP contribution is 2.21. The van der Waals surface area contributed by atoms with Crippen molar-refractivity contribution in [1.82, 2.24) is 4.98 Å². The summed E-state index contributed by atoms with van der Waals surface area (Å²) in [5, 5.41) is 18.4. The Morgan fingerprint density at radius 3 is 2.72 bits per heavy atom. The van der Waals surface area contributed by atoms with Crippen LogP contribution in [0.15, 0.2) is 42.6 Å². The van der Waals surface area contributed by atoms with Crippen LogP contribution in [0.5, 0.6) is 11.6 Å². The van der Waals surface area contributed by atoms with Crippen LogP contribution in [0.3, 0.4) is 0 Å². The number of aliphatic hydroxyl groups is 2. The number of hydrogen-bond donors (Lipinski definition) is 2. The van der Waals surface area contributed by atoms with Gasteiger partial charge in [-0.05, 0) is 36.2 Å². The highest BCUT2D eigenvalue weighted by molar-refractivity contribution is 5.31. The minimum Gasteiger partial charge on any atom is -0.439 e. The van der Waals surface area contributed by atoms with E-state index in [1.807, 2.05) is 12.1 Å². The van der Waals surface area contributed by atoms with Crippen molar-refractivity contribution < 1.29 is 14.9 Å². The van der Waals surface area contributed by atoms with Crippen LogP contribution in [0.2, 0.25) is 0 Å². The van der Waals surface area contributed by atoms with Crippen molar-refractivity contribution in [3.05, 3.63) is 53.7 Å². The fourth-order valence-corrected chi connectivity index (χ4v) is 1.53. The maximum atomic E-state index is 9.36. The molecule has 0 bridgehead atoms. The van der Waals surface area contributed by atoms with E-state index < -0.39 is 6.10 Å². The third-order valence-corrected chi connectivity index (χ3v) is 2.55. The summed E-state index contributed by atoms with van der Waals surface area (Å²) in [6.45, 7) is 1.66. The number of aromatic nitrogens is 1. The Morgan fingerprint density at radius 2 is 2.11 bits per heavy atom. The van der Waals surface area contributed by atoms with Gasteiger partial charge in [-0.3, -0.25) is 0 Å². The molecular weight excluding hydrogens is 230 g/mol. The van der Waals surface area contributed by atoms with Gasteiger partial charge in [-0.15, -0.1) is 0 Å². The summed E-state index contributed by atoms with van der Waals surface area (Å²) in [7, 11) is 0. The third kappa shape index (κ3) is 3.06. The van der Waals surface area contributed by atoms with Gasteiger partial charge in [0.2, 0.25) is 5.88 Å². The summed E-state index contributed by atoms with van der Waals surface area (Å²) in [4.78, 5) is 4.11. The molecule has 1 aromatic carbocycles. The van der Waals surface area contributed by atoms with E-state index in [1.54, 1.807) is 37.4 Å². The molecule has 1 aromatic heterocycles. The first kappa shape index (κ1) is 12.5. The van der Waals surface area contributed by atoms with Gasteiger partial charge in [0.15, 0.2) is 0 Å². The smallest absolute Gasteiger partial charge is 0.219 e. The average molecular weight is 245 g/mol. The van der Waals surface area contributed by atoms with Crippen LogP contribution in [0.1, 0.15) is 24.2 Å². The Labute approximate surface area is 106 Å². The van der Waals surface area contributed by atoms with E-state index in [2.05, 4.69) is 4.98 Å². The fraction of sp³-hybridized carbons (Fsp3) is 0.214. The van der Waals surface area contributed by atoms with Crippen LogP contribution in [0.4, 0.5) is 0 Å². The number of aliphatic hydroxyl groups excluding tert-OH is 2. The molecule has 1 heterocycles. The van der Waals surface area contributed by atoms with Crippen LogP contribution in [0.25, 0.3) is 0 Å². The first-order valence-corrected chi connectivity index (χ1v) is 5.70. The Hall–Kier alpha value is -1.91. The number of rotatable bonds is 4. The van der Waals surface area contributed by atoms with Gasteiger partial charge in [-0.25, -0.2) is 4.98 Å². The quantitative estimate of drug-likeness (QED) is 0.868. The zero-order chi connectivity index (χ0) is 13.0. The summed E-state index contributed by atoms with van der Waals surface area (Å²) < 4.78 is 5.55. The first-order valence-electron chi connectivity index (χ1n) is 5.70. The summed E-state index contributed by atoms with van der Waals surface area (Å²) in [5.74, 6) is 1.08. The second kappa shape index (κ2) is 5.62. The van der Waals surface area contributed by atoms with Crippen molar-refractivity contribution in [2.45, 2.75) is 19.6 Å². The van der Waals surface area contributed by atoms with Crippen LogP contribution < -0.4 is 4.74 Å². The molecule has 0 saturated heterocycles. The summed E-state index contributed by atoms with van der Waals surface area (Å²) in [6, 6.07) is 10.6. The molecule has 4 heteroatoms. The lowest BCUT2D eigenvalue weighted by Gasteiger charge is -2.07. The predicted octanol–water partition coefficient (Wildman–Crippen LogP) is 2.42. The first-order chi connectivity index (χ1) is 8.69. The molecule has 94 valence electrons. The van der Waals surface area contributed by atoms with Crippen LogP contribution >= 0.6 is 0 Å². The van der Waals surface area contributed by atoms with Gasteiger partial charge >= 0.3 is 0 Å². The van der Waals surface area contributed by atoms with Crippen LogP contribution in [0, 0.1) is 0 Å². The second-order valence-electron chi connectivity index (χ2n) is 4.01. The van der Waals surface area contributed by atoms with Crippen molar-refractivity contribution in [2.75, 3.05) is 0 Å². The lowest BCUT2D eigenvalue weighted by Crippen LogP contribution is -1.94. The normalized spacial score (nSPS) is 12.2. The molecule has 0 amide bonds. The Balaban J connectivity index is 2.13. The van der Waals surface area contributed by atoms with Gasteiger partial charge in [0.1, 0.15) is 5.75 Å². The molecule has 1 atom stereocenters. The molecule has 0 aliphatic carbocycles. The van der Waals surface area contributed by atoms with Crippen molar-refractivity contribution >= 4 is 0 Å². The van der Waals surface area contributed by atoms with Gasteiger partial charge in [0, 0.05) is 12.3 Å². The standard InChI is InChI=1S/C14H15NO3/c1-10(17)12-5-6-14(15-8-12)18-13-4-2-3-11(7-13)9-16/h2-8,10,16-17H,9H2,1H3/t10-/m1/s1. The average Bonchev–Trinajstić information content (AvgIpc) is 2.39. The second-order valence-corrected chi connectivity index (χ2v) is 4.01. The number of nitrogens with zero attached hydrogens (tertiary/aromatic N) is 1. The topological polar surface area (TPSA) is 62.6 Å². The highest BCUT2D eigenvalue weighted by atomic mass is 16.5. The molecule has 2 aromatic rings. The molecule has 0 aliphatic rings. The van der Waals surface area contributed by atoms with E-state index in [1.165, 1.54) is 0 Å². The molecule has 2 N–H and O–H groups in total. The molecule has 0 aliphatic heterocycles. The lowest BCUT2D eigenvalue weighted by molar-refractivity contribution is 0.198. The van der Waals surface area contributed by atoms with Gasteiger partial charge in [0.25, 0.3) is 0 Å². The van der Waals surface area contributed by atoms with Crippen LogP contribution in [-0.4, -0.2) is 15.2 Å². The van der Waals surface area contributed by atoms with E-state index in [0.29, 0.717) is 11.6 Å². The van der Waals surface area contributed by atoms with Gasteiger partial charge in [-0.2, -0.15) is 0 Å². The van der Waals surface area contributed by atoms with Crippen LogP contribution in [-0.2, 0) is 6.61 Å². The van der Waals surface area contributed by atoms with Crippen molar-refractivity contribution in [1.29, 1.82) is 0 Å². The van der Waals surface area contributed by atoms with E-state index in [4.69, 9.17) is 9.84 Å². The number of pyridine rings is 1. The maximum Gasteiger partial charge on any atom is 0.219 e. The Bertz CT molecular complexity index is 509. The molecule has 0 unspecified atom stereocenters. The third-order valence-electron chi connectivity index (χ3n) is 2.55. The molecule has 0 fully saturated rings. The van der Waals surface area contributed by atoms with E-state index >= 15 is 0 Å². The fourth-order valence-electron chi connectivity index (χ4n) is 1.53. The molecular formula is C14H15NO3. The van der Waals surface area contributed by atoms with E-state index in [9.17, 15) is 5.11 Å². The summed E-state index contributed by atoms with van der Waals surface area (Å²) >= 11 is 0. The van der Waals surface area contributed by atoms with Crippen molar-refractivity contribution in [2.24, 2.45) is 0 Å². The summed E-state index contributed by atoms with van der Waals surface area (Å²) in [6.07, 6.45) is 1.04. The van der Waals surface area contributed by atoms with E-state index in [0.717, 1.165) is 11.1 Å². The van der Waals surface area contributed by atoms with E-state index in [-0.39, 0.29) is 6.61 Å². The molecule has 2 rings (SSSR count). The van der Waals surface area contributed by atoms with Gasteiger partial charge in [0.05, 0.1) is 12.7 Å². The Morgan fingerprint density at radius 1 is 1.28 bits per heavy atom. The number of hydrogen-bond acceptors (Lipinski definition) is 4. The molecule has 0 spiro atoms. The SMILES string of the molecule is C[C@@H](O)c1ccc(Oc2cccc(CO)c2)nc1. The molecule has 4 nitrogen and oxygen atoms in total. The largest absolute Gasteiger partial charge is 0.439 e. The highest BCUT2D eigenvalue weighted by Gasteiger charge is 2.03. The zero-order valence-corrected chi connectivity index (χ0v) is 10.1. The van der Waals surface area contributed by atoms with Gasteiger partial charge in [-0.1, -0.05) is 12.1 Å². The minimum absolute atomic E-state index is 0.0222. The molecule has 18 heavy (non-hydrogen) atoms. The monoisotopic (exact) mass is 245 g/mol. The summed E-state index contributed by atoms with van der Waals surface area (Å²) in [5.41, 5.74) is 1.53. The van der Waals surface area contributed by atoms with Crippen molar-refractivity contribution in [3.8, 4) is 11.6 Å². The zero-order valence-electron chi connectivity index (χ0n) is 10.1. The maximum absolute atomic E-state index is 9.36. The molecule has 0 saturated carbocycles. The van der Waals surface area contributed by atoms with Crippen molar-refractivity contribution in [3.63, 3.8) is 0 Å². The predicted molar refractivity (Wildman–Crippen MR) is 67.3 cm³/mol. The lowest BCUT2D eigenvalue weighted by atomic mass is 10.2. The Kier molecular flexibility index (Phi) is 3.92. The molecule has 0 radical (unpaired) electrons. The number of benzene rings is 1. The van der Waals surface area contributed by atoms with Gasteiger partial charge < -0.3 is 14.9 Å². The minimum atomic E-state index is -0.538. The number of ether oxygens (including phenoxy) is 1.